The molecule has 1 aromatic heterocycles. The van der Waals surface area contributed by atoms with E-state index in [4.69, 9.17) is 5.73 Å². The number of hydrogen-bond donors (Lipinski definition) is 3. The molecule has 0 fully saturated rings. The van der Waals surface area contributed by atoms with Crippen LogP contribution in [0.3, 0.4) is 0 Å². The van der Waals surface area contributed by atoms with Crippen LogP contribution in [-0.4, -0.2) is 35.0 Å². The van der Waals surface area contributed by atoms with Crippen molar-refractivity contribution in [3.8, 4) is 0 Å². The van der Waals surface area contributed by atoms with Crippen LogP contribution in [0, 0.1) is 13.8 Å². The molecular formula is C13H21N5O. The lowest BCUT2D eigenvalue weighted by atomic mass is 10.1. The average molecular weight is 263 g/mol. The summed E-state index contributed by atoms with van der Waals surface area (Å²) in [6, 6.07) is 0.278. The summed E-state index contributed by atoms with van der Waals surface area (Å²) in [6.45, 7) is 8.54. The molecular weight excluding hydrogens is 242 g/mol. The maximum absolute atomic E-state index is 9.34. The van der Waals surface area contributed by atoms with Gasteiger partial charge in [0.25, 0.3) is 0 Å². The van der Waals surface area contributed by atoms with E-state index < -0.39 is 0 Å². The fourth-order valence-electron chi connectivity index (χ4n) is 2.19. The standard InChI is InChI=1S/C13H21N5O/c1-7(2)17-18-5-10(6-19)16-11-12(18)8(3)9(4)15-13(11)14/h7,17,19H,5-6H2,1-4H3,(H2,14,15). The Labute approximate surface area is 113 Å². The van der Waals surface area contributed by atoms with Crippen LogP contribution in [0.1, 0.15) is 25.1 Å². The number of nitrogens with zero attached hydrogens (tertiary/aromatic N) is 3. The van der Waals surface area contributed by atoms with E-state index in [9.17, 15) is 5.11 Å². The number of fused-ring (bicyclic) bond motifs is 1. The van der Waals surface area contributed by atoms with E-state index in [0.29, 0.717) is 23.8 Å². The lowest BCUT2D eigenvalue weighted by molar-refractivity contribution is 0.354. The van der Waals surface area contributed by atoms with Crippen LogP contribution < -0.4 is 16.2 Å². The molecule has 2 heterocycles. The molecule has 0 saturated heterocycles. The minimum absolute atomic E-state index is 0.0813. The van der Waals surface area contributed by atoms with Crippen LogP contribution in [0.5, 0.6) is 0 Å². The van der Waals surface area contributed by atoms with Crippen molar-refractivity contribution in [1.29, 1.82) is 0 Å². The number of nitrogen functional groups attached to an aromatic ring is 1. The smallest absolute Gasteiger partial charge is 0.151 e. The number of aromatic nitrogens is 1. The third kappa shape index (κ3) is 2.54. The first kappa shape index (κ1) is 13.8. The van der Waals surface area contributed by atoms with E-state index in [1.165, 1.54) is 0 Å². The zero-order valence-corrected chi connectivity index (χ0v) is 11.9. The van der Waals surface area contributed by atoms with Gasteiger partial charge in [0.1, 0.15) is 5.69 Å². The number of nitrogens with one attached hydrogen (secondary N) is 1. The first-order chi connectivity index (χ1) is 8.93. The lowest BCUT2D eigenvalue weighted by Gasteiger charge is -2.34. The van der Waals surface area contributed by atoms with Gasteiger partial charge in [0.2, 0.25) is 0 Å². The maximum Gasteiger partial charge on any atom is 0.151 e. The molecule has 104 valence electrons. The highest BCUT2D eigenvalue weighted by Gasteiger charge is 2.25. The molecule has 2 rings (SSSR count). The van der Waals surface area contributed by atoms with Crippen LogP contribution in [-0.2, 0) is 0 Å². The van der Waals surface area contributed by atoms with Crippen molar-refractivity contribution in [2.75, 3.05) is 23.9 Å². The van der Waals surface area contributed by atoms with Crippen molar-refractivity contribution < 1.29 is 5.11 Å². The Morgan fingerprint density at radius 1 is 1.42 bits per heavy atom. The second-order valence-corrected chi connectivity index (χ2v) is 5.11. The summed E-state index contributed by atoms with van der Waals surface area (Å²) in [4.78, 5) is 8.72. The van der Waals surface area contributed by atoms with E-state index in [1.807, 2.05) is 18.9 Å². The summed E-state index contributed by atoms with van der Waals surface area (Å²) in [7, 11) is 0. The summed E-state index contributed by atoms with van der Waals surface area (Å²) in [5.74, 6) is 0.402. The lowest BCUT2D eigenvalue weighted by Crippen LogP contribution is -2.47. The molecule has 1 aliphatic rings. The molecule has 1 aliphatic heterocycles. The van der Waals surface area contributed by atoms with Gasteiger partial charge < -0.3 is 10.8 Å². The molecule has 0 amide bonds. The van der Waals surface area contributed by atoms with E-state index >= 15 is 0 Å². The Morgan fingerprint density at radius 3 is 2.68 bits per heavy atom. The number of aliphatic hydroxyl groups excluding tert-OH is 1. The van der Waals surface area contributed by atoms with Crippen molar-refractivity contribution >= 4 is 22.9 Å². The highest BCUT2D eigenvalue weighted by atomic mass is 16.3. The SMILES string of the molecule is Cc1nc(N)c2c(c1C)N(NC(C)C)CC(CO)=N2. The normalized spacial score (nSPS) is 14.6. The molecule has 0 aliphatic carbocycles. The fourth-order valence-corrected chi connectivity index (χ4v) is 2.19. The van der Waals surface area contributed by atoms with Crippen LogP contribution in [0.15, 0.2) is 4.99 Å². The third-order valence-corrected chi connectivity index (χ3v) is 3.13. The Morgan fingerprint density at radius 2 is 2.11 bits per heavy atom. The molecule has 0 atom stereocenters. The molecule has 0 radical (unpaired) electrons. The minimum atomic E-state index is -0.0813. The largest absolute Gasteiger partial charge is 0.390 e. The van der Waals surface area contributed by atoms with E-state index in [0.717, 1.165) is 16.9 Å². The van der Waals surface area contributed by atoms with Gasteiger partial charge in [0.05, 0.1) is 24.6 Å². The molecule has 0 saturated carbocycles. The topological polar surface area (TPSA) is 86.8 Å². The molecule has 19 heavy (non-hydrogen) atoms. The summed E-state index contributed by atoms with van der Waals surface area (Å²) in [5, 5.41) is 11.3. The van der Waals surface area contributed by atoms with E-state index in [2.05, 4.69) is 29.2 Å². The summed E-state index contributed by atoms with van der Waals surface area (Å²) in [5.41, 5.74) is 13.6. The number of hydrazine groups is 1. The first-order valence-corrected chi connectivity index (χ1v) is 6.41. The van der Waals surface area contributed by atoms with Gasteiger partial charge in [-0.1, -0.05) is 0 Å². The van der Waals surface area contributed by atoms with Crippen LogP contribution in [0.2, 0.25) is 0 Å². The highest BCUT2D eigenvalue weighted by molar-refractivity contribution is 5.99. The number of pyridine rings is 1. The Hall–Kier alpha value is -1.66. The molecule has 1 aromatic rings. The number of aryl methyl sites for hydroxylation is 1. The Balaban J connectivity index is 2.58. The quantitative estimate of drug-likeness (QED) is 0.759. The van der Waals surface area contributed by atoms with E-state index in [1.54, 1.807) is 0 Å². The van der Waals surface area contributed by atoms with Gasteiger partial charge in [-0.2, -0.15) is 0 Å². The Kier molecular flexibility index (Phi) is 3.73. The van der Waals surface area contributed by atoms with Crippen LogP contribution in [0.4, 0.5) is 17.2 Å². The molecule has 0 bridgehead atoms. The number of aliphatic imine (C=N–C) groups is 1. The Bertz CT molecular complexity index is 524. The van der Waals surface area contributed by atoms with Gasteiger partial charge in [-0.15, -0.1) is 0 Å². The fraction of sp³-hybridized carbons (Fsp3) is 0.538. The van der Waals surface area contributed by atoms with Crippen LogP contribution in [0.25, 0.3) is 0 Å². The van der Waals surface area contributed by atoms with Gasteiger partial charge >= 0.3 is 0 Å². The number of nitrogens with two attached hydrogens (primary N) is 1. The van der Waals surface area contributed by atoms with Crippen molar-refractivity contribution in [3.63, 3.8) is 0 Å². The third-order valence-electron chi connectivity index (χ3n) is 3.13. The highest BCUT2D eigenvalue weighted by Crippen LogP contribution is 2.39. The molecule has 6 heteroatoms. The first-order valence-electron chi connectivity index (χ1n) is 6.41. The summed E-state index contributed by atoms with van der Waals surface area (Å²) in [6.07, 6.45) is 0. The van der Waals surface area contributed by atoms with Gasteiger partial charge in [-0.05, 0) is 33.3 Å². The van der Waals surface area contributed by atoms with Crippen LogP contribution >= 0.6 is 0 Å². The number of hydrogen-bond acceptors (Lipinski definition) is 6. The van der Waals surface area contributed by atoms with Crippen molar-refractivity contribution in [2.45, 2.75) is 33.7 Å². The number of anilines is 2. The van der Waals surface area contributed by atoms with E-state index in [-0.39, 0.29) is 12.6 Å². The molecule has 0 unspecified atom stereocenters. The van der Waals surface area contributed by atoms with Crippen molar-refractivity contribution in [2.24, 2.45) is 4.99 Å². The van der Waals surface area contributed by atoms with Crippen molar-refractivity contribution in [1.82, 2.24) is 10.4 Å². The van der Waals surface area contributed by atoms with Gasteiger partial charge in [0, 0.05) is 11.7 Å². The molecule has 0 aromatic carbocycles. The minimum Gasteiger partial charge on any atom is -0.390 e. The second kappa shape index (κ2) is 5.14. The predicted molar refractivity (Wildman–Crippen MR) is 77.9 cm³/mol. The zero-order valence-electron chi connectivity index (χ0n) is 11.9. The van der Waals surface area contributed by atoms with Crippen molar-refractivity contribution in [3.05, 3.63) is 11.3 Å². The summed E-state index contributed by atoms with van der Waals surface area (Å²) >= 11 is 0. The monoisotopic (exact) mass is 263 g/mol. The second-order valence-electron chi connectivity index (χ2n) is 5.11. The predicted octanol–water partition coefficient (Wildman–Crippen LogP) is 1.08. The maximum atomic E-state index is 9.34. The average Bonchev–Trinajstić information content (AvgIpc) is 2.34. The van der Waals surface area contributed by atoms with Gasteiger partial charge in [0.15, 0.2) is 5.82 Å². The van der Waals surface area contributed by atoms with Gasteiger partial charge in [-0.25, -0.2) is 15.4 Å². The molecule has 0 spiro atoms. The molecule has 4 N–H and O–H groups in total. The number of rotatable bonds is 3. The molecule has 6 nitrogen and oxygen atoms in total. The number of aliphatic hydroxyl groups is 1. The zero-order chi connectivity index (χ0) is 14.2. The van der Waals surface area contributed by atoms with Gasteiger partial charge in [-0.3, -0.25) is 5.01 Å². The summed E-state index contributed by atoms with van der Waals surface area (Å²) < 4.78 is 0.